The second-order valence-corrected chi connectivity index (χ2v) is 3.24. The van der Waals surface area contributed by atoms with Crippen molar-refractivity contribution < 1.29 is 23.5 Å². The number of carboxylic acids is 1. The number of carbonyl (C=O) groups excluding carboxylic acids is 1. The van der Waals surface area contributed by atoms with Gasteiger partial charge in [-0.3, -0.25) is 14.6 Å². The van der Waals surface area contributed by atoms with Crippen molar-refractivity contribution in [1.29, 1.82) is 0 Å². The van der Waals surface area contributed by atoms with Crippen LogP contribution >= 0.6 is 0 Å². The number of hydrogen-bond acceptors (Lipinski definition) is 3. The minimum absolute atomic E-state index is 0.0543. The summed E-state index contributed by atoms with van der Waals surface area (Å²) in [4.78, 5) is 25.8. The second kappa shape index (κ2) is 3.48. The molecule has 0 aliphatic carbocycles. The first-order valence-electron chi connectivity index (χ1n) is 4.31. The van der Waals surface area contributed by atoms with E-state index in [0.29, 0.717) is 6.07 Å². The molecule has 0 amide bonds. The van der Waals surface area contributed by atoms with Gasteiger partial charge in [-0.25, -0.2) is 8.78 Å². The highest BCUT2D eigenvalue weighted by Gasteiger charge is 2.31. The summed E-state index contributed by atoms with van der Waals surface area (Å²) in [6.07, 6.45) is 0.907. The number of hydrogen-bond donors (Lipinski definition) is 1. The number of fused-ring (bicyclic) bond motifs is 1. The van der Waals surface area contributed by atoms with Crippen molar-refractivity contribution in [3.63, 3.8) is 0 Å². The van der Waals surface area contributed by atoms with Crippen molar-refractivity contribution in [2.24, 2.45) is 10.9 Å². The number of carboxylic acid groups (broad SMARTS) is 1. The Morgan fingerprint density at radius 3 is 2.56 bits per heavy atom. The van der Waals surface area contributed by atoms with E-state index >= 15 is 0 Å². The molecule has 1 heterocycles. The topological polar surface area (TPSA) is 66.7 Å². The Morgan fingerprint density at radius 2 is 1.94 bits per heavy atom. The number of nitrogens with zero attached hydrogens (tertiary/aromatic N) is 1. The SMILES string of the molecule is O=C(O)C1C=Nc2cc(F)c(F)cc2C1=O. The third-order valence-corrected chi connectivity index (χ3v) is 2.22. The summed E-state index contributed by atoms with van der Waals surface area (Å²) >= 11 is 0. The van der Waals surface area contributed by atoms with Gasteiger partial charge in [-0.1, -0.05) is 0 Å². The van der Waals surface area contributed by atoms with Crippen molar-refractivity contribution >= 4 is 23.7 Å². The fourth-order valence-electron chi connectivity index (χ4n) is 1.41. The highest BCUT2D eigenvalue weighted by molar-refractivity contribution is 6.22. The van der Waals surface area contributed by atoms with Gasteiger partial charge in [-0.05, 0) is 6.07 Å². The minimum Gasteiger partial charge on any atom is -0.480 e. The molecule has 0 radical (unpaired) electrons. The highest BCUT2D eigenvalue weighted by Crippen LogP contribution is 2.28. The van der Waals surface area contributed by atoms with E-state index < -0.39 is 29.3 Å². The zero-order valence-electron chi connectivity index (χ0n) is 7.78. The Hall–Kier alpha value is -2.11. The van der Waals surface area contributed by atoms with Crippen molar-refractivity contribution in [1.82, 2.24) is 0 Å². The normalized spacial score (nSPS) is 18.4. The van der Waals surface area contributed by atoms with Crippen molar-refractivity contribution in [3.8, 4) is 0 Å². The molecule has 1 aromatic rings. The maximum atomic E-state index is 12.9. The number of Topliss-reactive ketones (excluding diaryl/α,β-unsaturated/α-hetero) is 1. The third-order valence-electron chi connectivity index (χ3n) is 2.22. The Kier molecular flexibility index (Phi) is 2.26. The van der Waals surface area contributed by atoms with E-state index in [1.807, 2.05) is 0 Å². The predicted octanol–water partition coefficient (Wildman–Crippen LogP) is 1.56. The van der Waals surface area contributed by atoms with Crippen LogP contribution in [0.1, 0.15) is 10.4 Å². The summed E-state index contributed by atoms with van der Waals surface area (Å²) in [6.45, 7) is 0. The Balaban J connectivity index is 2.56. The van der Waals surface area contributed by atoms with Gasteiger partial charge >= 0.3 is 5.97 Å². The number of carbonyl (C=O) groups is 2. The van der Waals surface area contributed by atoms with Gasteiger partial charge in [-0.2, -0.15) is 0 Å². The lowest BCUT2D eigenvalue weighted by Gasteiger charge is -2.13. The van der Waals surface area contributed by atoms with Gasteiger partial charge in [0.2, 0.25) is 0 Å². The Bertz CT molecular complexity index is 525. The third kappa shape index (κ3) is 1.48. The fraction of sp³-hybridized carbons (Fsp3) is 0.100. The average Bonchev–Trinajstić information content (AvgIpc) is 2.21. The lowest BCUT2D eigenvalue weighted by atomic mass is 9.94. The van der Waals surface area contributed by atoms with Gasteiger partial charge in [0, 0.05) is 17.8 Å². The molecular formula is C10H5F2NO3. The second-order valence-electron chi connectivity index (χ2n) is 3.24. The quantitative estimate of drug-likeness (QED) is 0.737. The van der Waals surface area contributed by atoms with Crippen molar-refractivity contribution in [2.45, 2.75) is 0 Å². The molecule has 1 aromatic carbocycles. The Labute approximate surface area is 88.2 Å². The van der Waals surface area contributed by atoms with Crippen LogP contribution in [-0.2, 0) is 4.79 Å². The number of rotatable bonds is 1. The molecule has 1 aliphatic rings. The first-order chi connectivity index (χ1) is 7.50. The maximum absolute atomic E-state index is 12.9. The lowest BCUT2D eigenvalue weighted by molar-refractivity contribution is -0.137. The first kappa shape index (κ1) is 10.4. The molecule has 1 unspecified atom stereocenters. The molecule has 1 atom stereocenters. The van der Waals surface area contributed by atoms with Crippen molar-refractivity contribution in [2.75, 3.05) is 0 Å². The van der Waals surface area contributed by atoms with E-state index in [-0.39, 0.29) is 11.3 Å². The molecule has 2 rings (SSSR count). The molecule has 16 heavy (non-hydrogen) atoms. The summed E-state index contributed by atoms with van der Waals surface area (Å²) < 4.78 is 25.7. The molecule has 0 aromatic heterocycles. The fourth-order valence-corrected chi connectivity index (χ4v) is 1.41. The lowest BCUT2D eigenvalue weighted by Crippen LogP contribution is -2.27. The van der Waals surface area contributed by atoms with E-state index in [4.69, 9.17) is 5.11 Å². The monoisotopic (exact) mass is 225 g/mol. The molecule has 0 bridgehead atoms. The van der Waals surface area contributed by atoms with Gasteiger partial charge in [0.05, 0.1) is 5.69 Å². The molecular weight excluding hydrogens is 220 g/mol. The van der Waals surface area contributed by atoms with Crippen LogP contribution in [0.3, 0.4) is 0 Å². The van der Waals surface area contributed by atoms with E-state index in [2.05, 4.69) is 4.99 Å². The zero-order chi connectivity index (χ0) is 11.9. The van der Waals surface area contributed by atoms with Gasteiger partial charge in [0.1, 0.15) is 0 Å². The molecule has 1 aliphatic heterocycles. The molecule has 1 N–H and O–H groups in total. The first-order valence-corrected chi connectivity index (χ1v) is 4.31. The van der Waals surface area contributed by atoms with Gasteiger partial charge < -0.3 is 5.11 Å². The molecule has 0 saturated carbocycles. The summed E-state index contributed by atoms with van der Waals surface area (Å²) in [7, 11) is 0. The molecule has 0 spiro atoms. The number of aliphatic carboxylic acids is 1. The van der Waals surface area contributed by atoms with Crippen LogP contribution in [0.15, 0.2) is 17.1 Å². The summed E-state index contributed by atoms with van der Waals surface area (Å²) in [5, 5.41) is 8.68. The molecule has 6 heteroatoms. The number of benzene rings is 1. The van der Waals surface area contributed by atoms with Crippen LogP contribution < -0.4 is 0 Å². The number of aliphatic imine (C=N–C) groups is 1. The summed E-state index contributed by atoms with van der Waals surface area (Å²) in [5.41, 5.74) is -0.268. The van der Waals surface area contributed by atoms with Crippen LogP contribution in [-0.4, -0.2) is 23.1 Å². The largest absolute Gasteiger partial charge is 0.480 e. The van der Waals surface area contributed by atoms with Crippen LogP contribution in [0.2, 0.25) is 0 Å². The average molecular weight is 225 g/mol. The number of halogens is 2. The molecule has 0 fully saturated rings. The summed E-state index contributed by atoms with van der Waals surface area (Å²) in [6, 6.07) is 1.43. The molecule has 82 valence electrons. The van der Waals surface area contributed by atoms with E-state index in [0.717, 1.165) is 12.3 Å². The van der Waals surface area contributed by atoms with Crippen LogP contribution in [0.4, 0.5) is 14.5 Å². The van der Waals surface area contributed by atoms with Gasteiger partial charge in [0.25, 0.3) is 0 Å². The minimum atomic E-state index is -1.43. The summed E-state index contributed by atoms with van der Waals surface area (Å²) in [5.74, 6) is -5.93. The van der Waals surface area contributed by atoms with E-state index in [1.54, 1.807) is 0 Å². The molecule has 4 nitrogen and oxygen atoms in total. The predicted molar refractivity (Wildman–Crippen MR) is 50.0 cm³/mol. The van der Waals surface area contributed by atoms with Crippen LogP contribution in [0.25, 0.3) is 0 Å². The van der Waals surface area contributed by atoms with Crippen LogP contribution in [0, 0.1) is 17.6 Å². The van der Waals surface area contributed by atoms with Crippen molar-refractivity contribution in [3.05, 3.63) is 29.3 Å². The highest BCUT2D eigenvalue weighted by atomic mass is 19.2. The Morgan fingerprint density at radius 1 is 1.31 bits per heavy atom. The van der Waals surface area contributed by atoms with E-state index in [9.17, 15) is 18.4 Å². The van der Waals surface area contributed by atoms with E-state index in [1.165, 1.54) is 0 Å². The maximum Gasteiger partial charge on any atom is 0.319 e. The van der Waals surface area contributed by atoms with Gasteiger partial charge in [-0.15, -0.1) is 0 Å². The zero-order valence-corrected chi connectivity index (χ0v) is 7.78. The standard InChI is InChI=1S/C10H5F2NO3/c11-6-1-4-8(2-7(6)12)13-3-5(9(4)14)10(15)16/h1-3,5H,(H,15,16). The van der Waals surface area contributed by atoms with Crippen LogP contribution in [0.5, 0.6) is 0 Å². The number of ketones is 1. The smallest absolute Gasteiger partial charge is 0.319 e. The van der Waals surface area contributed by atoms with Gasteiger partial charge in [0.15, 0.2) is 23.3 Å². The molecule has 0 saturated heterocycles.